The standard InChI is InChI=1S/C16H23NO2/c1-4-17-16(15-7-5-6-10-19-15)13-11-12(2)8-9-14(13)18-3/h7-9,11,16-17H,4-6,10H2,1-3H3. The summed E-state index contributed by atoms with van der Waals surface area (Å²) in [7, 11) is 1.72. The van der Waals surface area contributed by atoms with Crippen LogP contribution in [0.5, 0.6) is 5.75 Å². The zero-order chi connectivity index (χ0) is 13.7. The minimum atomic E-state index is 0.0835. The van der Waals surface area contributed by atoms with E-state index in [0.717, 1.165) is 43.1 Å². The van der Waals surface area contributed by atoms with E-state index in [4.69, 9.17) is 9.47 Å². The largest absolute Gasteiger partial charge is 0.496 e. The van der Waals surface area contributed by atoms with Crippen LogP contribution in [0.4, 0.5) is 0 Å². The van der Waals surface area contributed by atoms with Gasteiger partial charge in [-0.3, -0.25) is 0 Å². The summed E-state index contributed by atoms with van der Waals surface area (Å²) in [5.41, 5.74) is 2.38. The van der Waals surface area contributed by atoms with Gasteiger partial charge < -0.3 is 14.8 Å². The quantitative estimate of drug-likeness (QED) is 0.881. The molecule has 2 rings (SSSR count). The minimum Gasteiger partial charge on any atom is -0.496 e. The molecule has 0 saturated carbocycles. The normalized spacial score (nSPS) is 16.5. The molecule has 104 valence electrons. The van der Waals surface area contributed by atoms with Crippen molar-refractivity contribution < 1.29 is 9.47 Å². The Morgan fingerprint density at radius 2 is 2.26 bits per heavy atom. The van der Waals surface area contributed by atoms with E-state index in [1.807, 2.05) is 6.07 Å². The lowest BCUT2D eigenvalue weighted by molar-refractivity contribution is 0.167. The first kappa shape index (κ1) is 13.9. The lowest BCUT2D eigenvalue weighted by Gasteiger charge is -2.26. The van der Waals surface area contributed by atoms with Crippen LogP contribution in [0.25, 0.3) is 0 Å². The molecule has 1 aliphatic heterocycles. The number of aryl methyl sites for hydroxylation is 1. The number of hydrogen-bond donors (Lipinski definition) is 1. The molecule has 0 aromatic heterocycles. The van der Waals surface area contributed by atoms with Crippen LogP contribution >= 0.6 is 0 Å². The van der Waals surface area contributed by atoms with E-state index in [9.17, 15) is 0 Å². The van der Waals surface area contributed by atoms with Gasteiger partial charge in [0.05, 0.1) is 19.8 Å². The fourth-order valence-electron chi connectivity index (χ4n) is 2.43. The molecule has 0 radical (unpaired) electrons. The number of allylic oxidation sites excluding steroid dienone is 1. The first-order valence-electron chi connectivity index (χ1n) is 6.97. The Kier molecular flexibility index (Phi) is 4.86. The Morgan fingerprint density at radius 1 is 1.42 bits per heavy atom. The number of methoxy groups -OCH3 is 1. The van der Waals surface area contributed by atoms with Crippen LogP contribution in [0.1, 0.15) is 36.9 Å². The van der Waals surface area contributed by atoms with Crippen molar-refractivity contribution in [3.05, 3.63) is 41.2 Å². The summed E-state index contributed by atoms with van der Waals surface area (Å²) < 4.78 is 11.3. The van der Waals surface area contributed by atoms with Crippen LogP contribution in [0.3, 0.4) is 0 Å². The van der Waals surface area contributed by atoms with Crippen molar-refractivity contribution in [3.8, 4) is 5.75 Å². The molecule has 0 spiro atoms. The number of likely N-dealkylation sites (N-methyl/N-ethyl adjacent to an activating group) is 1. The maximum atomic E-state index is 5.83. The van der Waals surface area contributed by atoms with Gasteiger partial charge in [-0.2, -0.15) is 0 Å². The van der Waals surface area contributed by atoms with Crippen LogP contribution in [-0.2, 0) is 4.74 Å². The number of hydrogen-bond acceptors (Lipinski definition) is 3. The van der Waals surface area contributed by atoms with Crippen LogP contribution < -0.4 is 10.1 Å². The summed E-state index contributed by atoms with van der Waals surface area (Å²) >= 11 is 0. The van der Waals surface area contributed by atoms with E-state index in [1.165, 1.54) is 5.56 Å². The summed E-state index contributed by atoms with van der Waals surface area (Å²) in [5.74, 6) is 1.93. The molecular weight excluding hydrogens is 238 g/mol. The van der Waals surface area contributed by atoms with Gasteiger partial charge in [-0.05, 0) is 38.5 Å². The summed E-state index contributed by atoms with van der Waals surface area (Å²) in [6.07, 6.45) is 4.39. The van der Waals surface area contributed by atoms with Gasteiger partial charge in [-0.1, -0.05) is 24.6 Å². The Hall–Kier alpha value is -1.48. The Balaban J connectivity index is 2.37. The molecule has 1 aromatic carbocycles. The molecule has 19 heavy (non-hydrogen) atoms. The van der Waals surface area contributed by atoms with Gasteiger partial charge in [0.1, 0.15) is 11.5 Å². The number of rotatable bonds is 5. The van der Waals surface area contributed by atoms with Gasteiger partial charge in [-0.15, -0.1) is 0 Å². The van der Waals surface area contributed by atoms with Crippen molar-refractivity contribution in [3.63, 3.8) is 0 Å². The Labute approximate surface area is 115 Å². The van der Waals surface area contributed by atoms with Crippen molar-refractivity contribution in [1.29, 1.82) is 0 Å². The van der Waals surface area contributed by atoms with Crippen LogP contribution in [0.2, 0.25) is 0 Å². The van der Waals surface area contributed by atoms with Crippen LogP contribution in [0.15, 0.2) is 30.0 Å². The predicted octanol–water partition coefficient (Wildman–Crippen LogP) is 3.35. The monoisotopic (exact) mass is 261 g/mol. The van der Waals surface area contributed by atoms with Crippen LogP contribution in [-0.4, -0.2) is 20.3 Å². The summed E-state index contributed by atoms with van der Waals surface area (Å²) in [4.78, 5) is 0. The molecule has 1 aromatic rings. The van der Waals surface area contributed by atoms with E-state index >= 15 is 0 Å². The second-order valence-corrected chi connectivity index (χ2v) is 4.83. The van der Waals surface area contributed by atoms with Gasteiger partial charge in [0, 0.05) is 5.56 Å². The van der Waals surface area contributed by atoms with Crippen molar-refractivity contribution >= 4 is 0 Å². The number of nitrogens with one attached hydrogen (secondary N) is 1. The average Bonchev–Trinajstić information content (AvgIpc) is 2.45. The molecule has 1 heterocycles. The van der Waals surface area contributed by atoms with E-state index in [-0.39, 0.29) is 6.04 Å². The van der Waals surface area contributed by atoms with E-state index in [2.05, 4.69) is 37.4 Å². The molecule has 3 nitrogen and oxygen atoms in total. The average molecular weight is 261 g/mol. The summed E-state index contributed by atoms with van der Waals surface area (Å²) in [6, 6.07) is 6.35. The van der Waals surface area contributed by atoms with Gasteiger partial charge >= 0.3 is 0 Å². The van der Waals surface area contributed by atoms with Gasteiger partial charge in [0.25, 0.3) is 0 Å². The maximum absolute atomic E-state index is 5.83. The third kappa shape index (κ3) is 3.29. The van der Waals surface area contributed by atoms with Gasteiger partial charge in [0.15, 0.2) is 0 Å². The molecule has 0 fully saturated rings. The first-order chi connectivity index (χ1) is 9.26. The number of benzene rings is 1. The second-order valence-electron chi connectivity index (χ2n) is 4.83. The highest BCUT2D eigenvalue weighted by Crippen LogP contribution is 2.32. The van der Waals surface area contributed by atoms with Crippen molar-refractivity contribution in [2.75, 3.05) is 20.3 Å². The predicted molar refractivity (Wildman–Crippen MR) is 77.4 cm³/mol. The van der Waals surface area contributed by atoms with E-state index in [0.29, 0.717) is 0 Å². The topological polar surface area (TPSA) is 30.5 Å². The number of ether oxygens (including phenoxy) is 2. The SMILES string of the molecule is CCNC(C1=CCCCO1)c1cc(C)ccc1OC. The molecule has 1 atom stereocenters. The highest BCUT2D eigenvalue weighted by molar-refractivity contribution is 5.42. The molecular formula is C16H23NO2. The Bertz CT molecular complexity index is 454. The van der Waals surface area contributed by atoms with Crippen molar-refractivity contribution in [1.82, 2.24) is 5.32 Å². The van der Waals surface area contributed by atoms with Crippen molar-refractivity contribution in [2.45, 2.75) is 32.7 Å². The lowest BCUT2D eigenvalue weighted by Crippen LogP contribution is -2.25. The van der Waals surface area contributed by atoms with Crippen molar-refractivity contribution in [2.24, 2.45) is 0 Å². The third-order valence-electron chi connectivity index (χ3n) is 3.35. The third-order valence-corrected chi connectivity index (χ3v) is 3.35. The molecule has 0 aliphatic carbocycles. The Morgan fingerprint density at radius 3 is 2.89 bits per heavy atom. The fourth-order valence-corrected chi connectivity index (χ4v) is 2.43. The molecule has 3 heteroatoms. The second kappa shape index (κ2) is 6.62. The summed E-state index contributed by atoms with van der Waals surface area (Å²) in [6.45, 7) is 5.91. The maximum Gasteiger partial charge on any atom is 0.124 e. The molecule has 0 amide bonds. The zero-order valence-electron chi connectivity index (χ0n) is 12.0. The molecule has 1 unspecified atom stereocenters. The molecule has 1 aliphatic rings. The first-order valence-corrected chi connectivity index (χ1v) is 6.97. The highest BCUT2D eigenvalue weighted by atomic mass is 16.5. The molecule has 0 bridgehead atoms. The highest BCUT2D eigenvalue weighted by Gasteiger charge is 2.22. The van der Waals surface area contributed by atoms with Gasteiger partial charge in [-0.25, -0.2) is 0 Å². The van der Waals surface area contributed by atoms with Gasteiger partial charge in [0.2, 0.25) is 0 Å². The van der Waals surface area contributed by atoms with Crippen LogP contribution in [0, 0.1) is 6.92 Å². The molecule has 1 N–H and O–H groups in total. The minimum absolute atomic E-state index is 0.0835. The smallest absolute Gasteiger partial charge is 0.124 e. The van der Waals surface area contributed by atoms with E-state index in [1.54, 1.807) is 7.11 Å². The molecule has 0 saturated heterocycles. The lowest BCUT2D eigenvalue weighted by atomic mass is 9.99. The fraction of sp³-hybridized carbons (Fsp3) is 0.500. The van der Waals surface area contributed by atoms with E-state index < -0.39 is 0 Å². The zero-order valence-corrected chi connectivity index (χ0v) is 12.0. The summed E-state index contributed by atoms with van der Waals surface area (Å²) in [5, 5.41) is 3.50.